The van der Waals surface area contributed by atoms with Gasteiger partial charge in [0.2, 0.25) is 5.43 Å². The van der Waals surface area contributed by atoms with Crippen LogP contribution in [0.2, 0.25) is 0 Å². The zero-order valence-electron chi connectivity index (χ0n) is 8.30. The molecule has 1 aromatic heterocycles. The number of benzene rings is 1. The molecule has 0 fully saturated rings. The maximum Gasteiger partial charge on any atom is 0.207 e. The molecule has 0 aliphatic rings. The van der Waals surface area contributed by atoms with Gasteiger partial charge in [-0.15, -0.1) is 0 Å². The predicted octanol–water partition coefficient (Wildman–Crippen LogP) is 0.985. The molecular weight excluding hydrogens is 192 g/mol. The molecule has 0 amide bonds. The summed E-state index contributed by atoms with van der Waals surface area (Å²) in [5.41, 5.74) is 0.575. The number of rotatable bonds is 2. The number of hydrogen-bond acceptors (Lipinski definition) is 3. The minimum atomic E-state index is -0.120. The number of fused-ring (bicyclic) bond motifs is 1. The first kappa shape index (κ1) is 9.58. The highest BCUT2D eigenvalue weighted by Crippen LogP contribution is 2.07. The Bertz CT molecular complexity index is 572. The van der Waals surface area contributed by atoms with E-state index < -0.39 is 0 Å². The fourth-order valence-electron chi connectivity index (χ4n) is 1.50. The summed E-state index contributed by atoms with van der Waals surface area (Å²) in [5, 5.41) is 4.52. The fourth-order valence-corrected chi connectivity index (χ4v) is 1.50. The summed E-state index contributed by atoms with van der Waals surface area (Å²) >= 11 is 0. The molecule has 0 aliphatic heterocycles. The van der Waals surface area contributed by atoms with E-state index in [4.69, 9.17) is 0 Å². The Morgan fingerprint density at radius 3 is 2.87 bits per heavy atom. The van der Waals surface area contributed by atoms with Gasteiger partial charge in [-0.1, -0.05) is 12.1 Å². The van der Waals surface area contributed by atoms with Crippen molar-refractivity contribution in [1.82, 2.24) is 9.78 Å². The monoisotopic (exact) mass is 202 g/mol. The Morgan fingerprint density at radius 1 is 1.40 bits per heavy atom. The predicted molar refractivity (Wildman–Crippen MR) is 56.7 cm³/mol. The Morgan fingerprint density at radius 2 is 2.13 bits per heavy atom. The topological polar surface area (TPSA) is 52.0 Å². The number of nitrogens with zero attached hydrogens (tertiary/aromatic N) is 2. The quantitative estimate of drug-likeness (QED) is 0.729. The molecule has 4 nitrogen and oxygen atoms in total. The van der Waals surface area contributed by atoms with E-state index in [2.05, 4.69) is 5.10 Å². The smallest absolute Gasteiger partial charge is 0.207 e. The van der Waals surface area contributed by atoms with Crippen molar-refractivity contribution >= 4 is 16.7 Å². The van der Waals surface area contributed by atoms with E-state index in [-0.39, 0.29) is 17.8 Å². The lowest BCUT2D eigenvalue weighted by atomic mass is 10.2. The second-order valence-electron chi connectivity index (χ2n) is 3.39. The van der Waals surface area contributed by atoms with E-state index in [0.717, 1.165) is 0 Å². The molecule has 15 heavy (non-hydrogen) atoms. The van der Waals surface area contributed by atoms with Crippen molar-refractivity contribution in [3.63, 3.8) is 0 Å². The highest BCUT2D eigenvalue weighted by molar-refractivity contribution is 5.81. The van der Waals surface area contributed by atoms with Crippen LogP contribution < -0.4 is 5.43 Å². The second-order valence-corrected chi connectivity index (χ2v) is 3.39. The van der Waals surface area contributed by atoms with Crippen molar-refractivity contribution in [3.05, 3.63) is 40.7 Å². The molecule has 0 bridgehead atoms. The van der Waals surface area contributed by atoms with Gasteiger partial charge in [0.15, 0.2) is 5.78 Å². The zero-order chi connectivity index (χ0) is 10.8. The lowest BCUT2D eigenvalue weighted by Gasteiger charge is -2.06. The molecular formula is C11H10N2O2. The van der Waals surface area contributed by atoms with Gasteiger partial charge in [-0.25, -0.2) is 0 Å². The Balaban J connectivity index is 2.71. The molecule has 0 N–H and O–H groups in total. The summed E-state index contributed by atoms with van der Waals surface area (Å²) in [6.45, 7) is 1.69. The number of ketones is 1. The normalized spacial score (nSPS) is 10.5. The van der Waals surface area contributed by atoms with Crippen molar-refractivity contribution in [2.45, 2.75) is 13.5 Å². The van der Waals surface area contributed by atoms with E-state index in [0.29, 0.717) is 10.9 Å². The number of carbonyl (C=O) groups is 1. The molecule has 0 spiro atoms. The number of hydrogen-bond donors (Lipinski definition) is 0. The van der Waals surface area contributed by atoms with Gasteiger partial charge in [0.1, 0.15) is 0 Å². The SMILES string of the molecule is CC(=O)Cn1ncc(=O)c2ccccc21. The van der Waals surface area contributed by atoms with Crippen LogP contribution in [0.5, 0.6) is 0 Å². The van der Waals surface area contributed by atoms with E-state index in [9.17, 15) is 9.59 Å². The third-order valence-electron chi connectivity index (χ3n) is 2.13. The molecule has 0 radical (unpaired) electrons. The minimum Gasteiger partial charge on any atom is -0.298 e. The molecule has 0 unspecified atom stereocenters. The van der Waals surface area contributed by atoms with Crippen molar-refractivity contribution in [3.8, 4) is 0 Å². The molecule has 0 saturated carbocycles. The largest absolute Gasteiger partial charge is 0.298 e. The third kappa shape index (κ3) is 1.79. The third-order valence-corrected chi connectivity index (χ3v) is 2.13. The average molecular weight is 202 g/mol. The minimum absolute atomic E-state index is 0.0105. The van der Waals surface area contributed by atoms with Crippen LogP contribution in [0, 0.1) is 0 Å². The number of carbonyl (C=O) groups excluding carboxylic acids is 1. The van der Waals surface area contributed by atoms with Crippen LogP contribution in [-0.4, -0.2) is 15.6 Å². The lowest BCUT2D eigenvalue weighted by molar-refractivity contribution is -0.117. The lowest BCUT2D eigenvalue weighted by Crippen LogP contribution is -2.15. The average Bonchev–Trinajstić information content (AvgIpc) is 2.22. The summed E-state index contributed by atoms with van der Waals surface area (Å²) in [6.07, 6.45) is 1.24. The fraction of sp³-hybridized carbons (Fsp3) is 0.182. The first-order chi connectivity index (χ1) is 7.18. The Kier molecular flexibility index (Phi) is 2.33. The summed E-state index contributed by atoms with van der Waals surface area (Å²) in [5.74, 6) is 0.0105. The summed E-state index contributed by atoms with van der Waals surface area (Å²) < 4.78 is 1.54. The van der Waals surface area contributed by atoms with E-state index in [1.165, 1.54) is 13.1 Å². The van der Waals surface area contributed by atoms with Crippen molar-refractivity contribution in [2.75, 3.05) is 0 Å². The molecule has 0 atom stereocenters. The van der Waals surface area contributed by atoms with Crippen molar-refractivity contribution in [2.24, 2.45) is 0 Å². The maximum atomic E-state index is 11.5. The Labute approximate surface area is 86.1 Å². The van der Waals surface area contributed by atoms with Crippen LogP contribution in [0.3, 0.4) is 0 Å². The van der Waals surface area contributed by atoms with E-state index in [1.807, 2.05) is 6.07 Å². The van der Waals surface area contributed by atoms with E-state index in [1.54, 1.807) is 22.9 Å². The van der Waals surface area contributed by atoms with Crippen LogP contribution in [-0.2, 0) is 11.3 Å². The molecule has 0 aliphatic carbocycles. The first-order valence-electron chi connectivity index (χ1n) is 4.63. The van der Waals surface area contributed by atoms with Gasteiger partial charge in [-0.3, -0.25) is 14.3 Å². The van der Waals surface area contributed by atoms with Gasteiger partial charge >= 0.3 is 0 Å². The van der Waals surface area contributed by atoms with Gasteiger partial charge < -0.3 is 0 Å². The van der Waals surface area contributed by atoms with Gasteiger partial charge in [0.05, 0.1) is 18.3 Å². The van der Waals surface area contributed by atoms with E-state index >= 15 is 0 Å². The van der Waals surface area contributed by atoms with Gasteiger partial charge in [0.25, 0.3) is 0 Å². The summed E-state index contributed by atoms with van der Waals surface area (Å²) in [4.78, 5) is 22.5. The van der Waals surface area contributed by atoms with Crippen LogP contribution in [0.15, 0.2) is 35.3 Å². The van der Waals surface area contributed by atoms with Gasteiger partial charge in [-0.05, 0) is 19.1 Å². The summed E-state index contributed by atoms with van der Waals surface area (Å²) in [7, 11) is 0. The molecule has 0 saturated heterocycles. The molecule has 2 rings (SSSR count). The zero-order valence-corrected chi connectivity index (χ0v) is 8.30. The highest BCUT2D eigenvalue weighted by atomic mass is 16.1. The first-order valence-corrected chi connectivity index (χ1v) is 4.63. The number of Topliss-reactive ketones (excluding diaryl/α,β-unsaturated/α-hetero) is 1. The van der Waals surface area contributed by atoms with Crippen LogP contribution >= 0.6 is 0 Å². The van der Waals surface area contributed by atoms with Crippen LogP contribution in [0.25, 0.3) is 10.9 Å². The number of para-hydroxylation sites is 1. The molecule has 2 aromatic rings. The number of aromatic nitrogens is 2. The molecule has 1 heterocycles. The van der Waals surface area contributed by atoms with Gasteiger partial charge in [0, 0.05) is 5.39 Å². The second kappa shape index (κ2) is 3.65. The standard InChI is InChI=1S/C11H10N2O2/c1-8(14)7-13-10-5-3-2-4-9(10)11(15)6-12-13/h2-6H,7H2,1H3. The molecule has 1 aromatic carbocycles. The van der Waals surface area contributed by atoms with Crippen LogP contribution in [0.1, 0.15) is 6.92 Å². The van der Waals surface area contributed by atoms with Crippen LogP contribution in [0.4, 0.5) is 0 Å². The molecule has 76 valence electrons. The highest BCUT2D eigenvalue weighted by Gasteiger charge is 2.04. The summed E-state index contributed by atoms with van der Waals surface area (Å²) in [6, 6.07) is 7.13. The molecule has 4 heteroatoms. The van der Waals surface area contributed by atoms with Crippen molar-refractivity contribution in [1.29, 1.82) is 0 Å². The Hall–Kier alpha value is -1.97. The van der Waals surface area contributed by atoms with Crippen molar-refractivity contribution < 1.29 is 4.79 Å². The van der Waals surface area contributed by atoms with Gasteiger partial charge in [-0.2, -0.15) is 5.10 Å². The maximum absolute atomic E-state index is 11.5.